The molecule has 0 radical (unpaired) electrons. The van der Waals surface area contributed by atoms with Gasteiger partial charge in [-0.3, -0.25) is 9.48 Å². The molecule has 0 unspecified atom stereocenters. The normalized spacial score (nSPS) is 20.0. The average Bonchev–Trinajstić information content (AvgIpc) is 3.31. The van der Waals surface area contributed by atoms with Crippen LogP contribution in [0.5, 0.6) is 0 Å². The number of carbonyl (C=O) groups is 1. The summed E-state index contributed by atoms with van der Waals surface area (Å²) in [4.78, 5) is 12.3. The first-order valence-corrected chi connectivity index (χ1v) is 8.96. The molecular formula is C21H22N2O2. The largest absolute Gasteiger partial charge is 0.460 e. The molecule has 1 aromatic heterocycles. The molecule has 4 rings (SSSR count). The number of aryl methyl sites for hydroxylation is 1. The Balaban J connectivity index is 1.35. The predicted molar refractivity (Wildman–Crippen MR) is 97.3 cm³/mol. The molecule has 0 N–H and O–H groups in total. The average molecular weight is 334 g/mol. The zero-order valence-electron chi connectivity index (χ0n) is 14.2. The number of ether oxygens (including phenoxy) is 1. The molecule has 0 amide bonds. The van der Waals surface area contributed by atoms with Crippen LogP contribution in [-0.2, 0) is 16.0 Å². The van der Waals surface area contributed by atoms with Crippen molar-refractivity contribution in [3.63, 3.8) is 0 Å². The molecule has 128 valence electrons. The number of hydrogen-bond donors (Lipinski definition) is 0. The van der Waals surface area contributed by atoms with E-state index in [1.54, 1.807) is 6.20 Å². The van der Waals surface area contributed by atoms with E-state index in [2.05, 4.69) is 35.4 Å². The molecule has 1 heterocycles. The summed E-state index contributed by atoms with van der Waals surface area (Å²) >= 11 is 0. The SMILES string of the molecule is O=C(CCc1ccc2ccccc2c1)O[C@@H]1CCC[C@H]1n1cccn1. The minimum atomic E-state index is -0.114. The summed E-state index contributed by atoms with van der Waals surface area (Å²) < 4.78 is 7.68. The molecule has 0 bridgehead atoms. The van der Waals surface area contributed by atoms with Crippen LogP contribution >= 0.6 is 0 Å². The van der Waals surface area contributed by atoms with Crippen molar-refractivity contribution >= 4 is 16.7 Å². The van der Waals surface area contributed by atoms with E-state index in [1.165, 1.54) is 16.3 Å². The number of benzene rings is 2. The third-order valence-corrected chi connectivity index (χ3v) is 5.00. The van der Waals surface area contributed by atoms with Crippen LogP contribution in [0.4, 0.5) is 0 Å². The second kappa shape index (κ2) is 7.09. The van der Waals surface area contributed by atoms with Gasteiger partial charge in [-0.2, -0.15) is 5.10 Å². The van der Waals surface area contributed by atoms with Gasteiger partial charge in [0.2, 0.25) is 0 Å². The lowest BCUT2D eigenvalue weighted by molar-refractivity contribution is -0.150. The number of aromatic nitrogens is 2. The fourth-order valence-corrected chi connectivity index (χ4v) is 3.69. The Labute approximate surface area is 147 Å². The fourth-order valence-electron chi connectivity index (χ4n) is 3.69. The van der Waals surface area contributed by atoms with Crippen molar-refractivity contribution in [3.8, 4) is 0 Å². The molecule has 0 aliphatic heterocycles. The van der Waals surface area contributed by atoms with Gasteiger partial charge in [-0.15, -0.1) is 0 Å². The van der Waals surface area contributed by atoms with Gasteiger partial charge in [0.1, 0.15) is 6.10 Å². The Bertz CT molecular complexity index is 857. The summed E-state index contributed by atoms with van der Waals surface area (Å²) in [5, 5.41) is 6.74. The Morgan fingerprint density at radius 1 is 1.12 bits per heavy atom. The summed E-state index contributed by atoms with van der Waals surface area (Å²) in [5.41, 5.74) is 1.17. The van der Waals surface area contributed by atoms with Crippen LogP contribution in [0.2, 0.25) is 0 Å². The lowest BCUT2D eigenvalue weighted by Gasteiger charge is -2.20. The first kappa shape index (κ1) is 15.9. The van der Waals surface area contributed by atoms with E-state index >= 15 is 0 Å². The number of rotatable bonds is 5. The van der Waals surface area contributed by atoms with Crippen molar-refractivity contribution in [2.24, 2.45) is 0 Å². The lowest BCUT2D eigenvalue weighted by atomic mass is 10.0. The minimum Gasteiger partial charge on any atom is -0.460 e. The maximum Gasteiger partial charge on any atom is 0.306 e. The van der Waals surface area contributed by atoms with Gasteiger partial charge in [-0.05, 0) is 48.1 Å². The maximum absolute atomic E-state index is 12.3. The summed E-state index contributed by atoms with van der Waals surface area (Å²) in [6.45, 7) is 0. The number of carbonyl (C=O) groups excluding carboxylic acids is 1. The quantitative estimate of drug-likeness (QED) is 0.653. The van der Waals surface area contributed by atoms with Gasteiger partial charge in [0, 0.05) is 18.8 Å². The highest BCUT2D eigenvalue weighted by Gasteiger charge is 2.32. The van der Waals surface area contributed by atoms with Gasteiger partial charge in [0.15, 0.2) is 0 Å². The highest BCUT2D eigenvalue weighted by atomic mass is 16.5. The second-order valence-corrected chi connectivity index (χ2v) is 6.69. The highest BCUT2D eigenvalue weighted by molar-refractivity contribution is 5.83. The summed E-state index contributed by atoms with van der Waals surface area (Å²) in [5.74, 6) is -0.114. The lowest BCUT2D eigenvalue weighted by Crippen LogP contribution is -2.25. The van der Waals surface area contributed by atoms with E-state index in [4.69, 9.17) is 4.74 Å². The van der Waals surface area contributed by atoms with Crippen molar-refractivity contribution < 1.29 is 9.53 Å². The molecular weight excluding hydrogens is 312 g/mol. The molecule has 1 saturated carbocycles. The molecule has 2 atom stereocenters. The Morgan fingerprint density at radius 2 is 2.00 bits per heavy atom. The molecule has 4 heteroatoms. The molecule has 3 aromatic rings. The van der Waals surface area contributed by atoms with Crippen LogP contribution in [-0.4, -0.2) is 21.9 Å². The molecule has 2 aromatic carbocycles. The van der Waals surface area contributed by atoms with E-state index in [-0.39, 0.29) is 18.1 Å². The van der Waals surface area contributed by atoms with Crippen molar-refractivity contribution in [1.82, 2.24) is 9.78 Å². The maximum atomic E-state index is 12.3. The first-order chi connectivity index (χ1) is 12.3. The zero-order valence-corrected chi connectivity index (χ0v) is 14.2. The van der Waals surface area contributed by atoms with Crippen LogP contribution in [0.25, 0.3) is 10.8 Å². The van der Waals surface area contributed by atoms with Gasteiger partial charge in [0.25, 0.3) is 0 Å². The van der Waals surface area contributed by atoms with Crippen molar-refractivity contribution in [2.45, 2.75) is 44.2 Å². The molecule has 1 fully saturated rings. The number of esters is 1. The Morgan fingerprint density at radius 3 is 2.84 bits per heavy atom. The van der Waals surface area contributed by atoms with Gasteiger partial charge < -0.3 is 4.74 Å². The van der Waals surface area contributed by atoms with Crippen LogP contribution < -0.4 is 0 Å². The van der Waals surface area contributed by atoms with Crippen LogP contribution in [0.3, 0.4) is 0 Å². The zero-order chi connectivity index (χ0) is 17.1. The monoisotopic (exact) mass is 334 g/mol. The smallest absolute Gasteiger partial charge is 0.306 e. The summed E-state index contributed by atoms with van der Waals surface area (Å²) in [6.07, 6.45) is 7.82. The van der Waals surface area contributed by atoms with E-state index in [1.807, 2.05) is 29.1 Å². The van der Waals surface area contributed by atoms with Crippen LogP contribution in [0, 0.1) is 0 Å². The first-order valence-electron chi connectivity index (χ1n) is 8.96. The number of fused-ring (bicyclic) bond motifs is 1. The standard InChI is InChI=1S/C21H22N2O2/c24-21(25-20-8-3-7-19(20)23-14-4-13-22-23)12-10-16-9-11-17-5-1-2-6-18(17)15-16/h1-2,4-6,9,11,13-15,19-20H,3,7-8,10,12H2/t19-,20-/m1/s1. The Hall–Kier alpha value is -2.62. The summed E-state index contributed by atoms with van der Waals surface area (Å²) in [7, 11) is 0. The number of hydrogen-bond acceptors (Lipinski definition) is 3. The van der Waals surface area contributed by atoms with Gasteiger partial charge in [0.05, 0.1) is 6.04 Å². The van der Waals surface area contributed by atoms with Crippen molar-refractivity contribution in [2.75, 3.05) is 0 Å². The second-order valence-electron chi connectivity index (χ2n) is 6.69. The summed E-state index contributed by atoms with van der Waals surface area (Å²) in [6, 6.07) is 16.7. The van der Waals surface area contributed by atoms with Gasteiger partial charge >= 0.3 is 5.97 Å². The number of nitrogens with zero attached hydrogens (tertiary/aromatic N) is 2. The van der Waals surface area contributed by atoms with Gasteiger partial charge in [-0.1, -0.05) is 42.5 Å². The van der Waals surface area contributed by atoms with Crippen molar-refractivity contribution in [1.29, 1.82) is 0 Å². The van der Waals surface area contributed by atoms with Crippen LogP contribution in [0.15, 0.2) is 60.9 Å². The third kappa shape index (κ3) is 3.58. The molecule has 25 heavy (non-hydrogen) atoms. The third-order valence-electron chi connectivity index (χ3n) is 5.00. The van der Waals surface area contributed by atoms with E-state index in [0.29, 0.717) is 12.8 Å². The van der Waals surface area contributed by atoms with Gasteiger partial charge in [-0.25, -0.2) is 0 Å². The molecule has 0 spiro atoms. The van der Waals surface area contributed by atoms with E-state index in [9.17, 15) is 4.79 Å². The van der Waals surface area contributed by atoms with E-state index < -0.39 is 0 Å². The molecule has 0 saturated heterocycles. The van der Waals surface area contributed by atoms with E-state index in [0.717, 1.165) is 19.3 Å². The topological polar surface area (TPSA) is 44.1 Å². The van der Waals surface area contributed by atoms with Crippen LogP contribution in [0.1, 0.15) is 37.3 Å². The molecule has 4 nitrogen and oxygen atoms in total. The van der Waals surface area contributed by atoms with Crippen molar-refractivity contribution in [3.05, 3.63) is 66.5 Å². The highest BCUT2D eigenvalue weighted by Crippen LogP contribution is 2.32. The fraction of sp³-hybridized carbons (Fsp3) is 0.333. The minimum absolute atomic E-state index is 0.0518. The predicted octanol–water partition coefficient (Wildman–Crippen LogP) is 4.31. The molecule has 1 aliphatic rings. The Kier molecular flexibility index (Phi) is 4.51. The molecule has 1 aliphatic carbocycles.